The average Bonchev–Trinajstić information content (AvgIpc) is 2.88. The number of hydrogen-bond acceptors (Lipinski definition) is 2. The van der Waals surface area contributed by atoms with Gasteiger partial charge in [-0.25, -0.2) is 0 Å². The van der Waals surface area contributed by atoms with Crippen LogP contribution in [-0.2, 0) is 5.41 Å². The van der Waals surface area contributed by atoms with Crippen LogP contribution in [0.25, 0.3) is 0 Å². The molecular weight excluding hydrogens is 342 g/mol. The van der Waals surface area contributed by atoms with E-state index in [1.807, 2.05) is 11.3 Å². The first-order chi connectivity index (χ1) is 10.3. The molecule has 0 aliphatic heterocycles. The average molecular weight is 364 g/mol. The number of thiophene rings is 1. The quantitative estimate of drug-likeness (QED) is 0.696. The molecule has 1 N–H and O–H groups in total. The van der Waals surface area contributed by atoms with Crippen LogP contribution < -0.4 is 5.32 Å². The van der Waals surface area contributed by atoms with Gasteiger partial charge in [-0.3, -0.25) is 0 Å². The summed E-state index contributed by atoms with van der Waals surface area (Å²) in [5, 5.41) is 6.03. The van der Waals surface area contributed by atoms with Gasteiger partial charge in [0, 0.05) is 14.8 Å². The molecule has 0 bridgehead atoms. The van der Waals surface area contributed by atoms with Crippen molar-refractivity contribution >= 4 is 27.3 Å². The molecule has 1 aliphatic rings. The van der Waals surface area contributed by atoms with Gasteiger partial charge in [0.05, 0.1) is 6.04 Å². The lowest BCUT2D eigenvalue weighted by molar-refractivity contribution is 0.171. The van der Waals surface area contributed by atoms with Crippen LogP contribution in [0.4, 0.5) is 0 Å². The molecule has 2 aromatic rings. The molecule has 1 aromatic carbocycles. The largest absolute Gasteiger partial charge is 0.308 e. The van der Waals surface area contributed by atoms with Crippen molar-refractivity contribution in [3.05, 3.63) is 56.7 Å². The maximum atomic E-state index is 3.83. The predicted octanol–water partition coefficient (Wildman–Crippen LogP) is 5.67. The van der Waals surface area contributed by atoms with E-state index in [9.17, 15) is 0 Å². The highest BCUT2D eigenvalue weighted by Crippen LogP contribution is 2.53. The zero-order valence-corrected chi connectivity index (χ0v) is 14.8. The highest BCUT2D eigenvalue weighted by molar-refractivity contribution is 9.10. The summed E-state index contributed by atoms with van der Waals surface area (Å²) in [7, 11) is 0. The predicted molar refractivity (Wildman–Crippen MR) is 95.0 cm³/mol. The summed E-state index contributed by atoms with van der Waals surface area (Å²) >= 11 is 5.62. The minimum Gasteiger partial charge on any atom is -0.308 e. The van der Waals surface area contributed by atoms with Crippen molar-refractivity contribution in [2.24, 2.45) is 0 Å². The number of hydrogen-bond donors (Lipinski definition) is 1. The lowest BCUT2D eigenvalue weighted by Gasteiger charge is -2.48. The molecule has 3 rings (SSSR count). The molecule has 0 amide bonds. The fourth-order valence-electron chi connectivity index (χ4n) is 3.41. The van der Waals surface area contributed by atoms with E-state index in [1.54, 1.807) is 0 Å². The molecule has 21 heavy (non-hydrogen) atoms. The first-order valence-electron chi connectivity index (χ1n) is 7.80. The fraction of sp³-hybridized carbons (Fsp3) is 0.444. The van der Waals surface area contributed by atoms with E-state index in [1.165, 1.54) is 40.6 Å². The van der Waals surface area contributed by atoms with Crippen LogP contribution in [0, 0.1) is 0 Å². The highest BCUT2D eigenvalue weighted by atomic mass is 79.9. The third-order valence-electron chi connectivity index (χ3n) is 4.65. The van der Waals surface area contributed by atoms with Gasteiger partial charge in [-0.15, -0.1) is 11.3 Å². The van der Waals surface area contributed by atoms with Crippen LogP contribution in [-0.4, -0.2) is 6.54 Å². The van der Waals surface area contributed by atoms with Crippen molar-refractivity contribution in [3.63, 3.8) is 0 Å². The Balaban J connectivity index is 2.00. The molecule has 0 saturated heterocycles. The van der Waals surface area contributed by atoms with E-state index < -0.39 is 0 Å². The molecular formula is C18H22BrNS. The third kappa shape index (κ3) is 2.84. The first kappa shape index (κ1) is 15.3. The minimum absolute atomic E-state index is 0.268. The van der Waals surface area contributed by atoms with Crippen molar-refractivity contribution in [2.75, 3.05) is 6.54 Å². The molecule has 1 aliphatic carbocycles. The molecule has 1 saturated carbocycles. The van der Waals surface area contributed by atoms with E-state index in [0.29, 0.717) is 6.04 Å². The second kappa shape index (κ2) is 6.64. The van der Waals surface area contributed by atoms with E-state index in [0.717, 1.165) is 6.54 Å². The first-order valence-corrected chi connectivity index (χ1v) is 9.47. The smallest absolute Gasteiger partial charge is 0.0524 e. The molecule has 1 heterocycles. The van der Waals surface area contributed by atoms with Gasteiger partial charge in [0.1, 0.15) is 0 Å². The van der Waals surface area contributed by atoms with Gasteiger partial charge in [-0.1, -0.05) is 43.7 Å². The number of benzene rings is 1. The van der Waals surface area contributed by atoms with E-state index >= 15 is 0 Å². The number of nitrogens with one attached hydrogen (secondary N) is 1. The molecule has 1 aromatic heterocycles. The monoisotopic (exact) mass is 363 g/mol. The van der Waals surface area contributed by atoms with Crippen LogP contribution in [0.3, 0.4) is 0 Å². The fourth-order valence-corrected chi connectivity index (χ4v) is 5.20. The highest BCUT2D eigenvalue weighted by Gasteiger charge is 2.46. The normalized spacial score (nSPS) is 18.2. The second-order valence-corrected chi connectivity index (χ2v) is 7.70. The van der Waals surface area contributed by atoms with Crippen LogP contribution in [0.1, 0.15) is 49.1 Å². The molecule has 1 atom stereocenters. The lowest BCUT2D eigenvalue weighted by Crippen LogP contribution is -2.46. The number of rotatable bonds is 6. The molecule has 1 nitrogen and oxygen atoms in total. The van der Waals surface area contributed by atoms with Crippen LogP contribution in [0.15, 0.2) is 46.3 Å². The topological polar surface area (TPSA) is 12.0 Å². The molecule has 1 unspecified atom stereocenters. The minimum atomic E-state index is 0.268. The maximum Gasteiger partial charge on any atom is 0.0524 e. The Hall–Kier alpha value is -0.640. The Labute approximate surface area is 139 Å². The Morgan fingerprint density at radius 1 is 1.24 bits per heavy atom. The zero-order valence-electron chi connectivity index (χ0n) is 12.4. The van der Waals surface area contributed by atoms with E-state index in [-0.39, 0.29) is 5.41 Å². The van der Waals surface area contributed by atoms with Crippen molar-refractivity contribution in [1.82, 2.24) is 5.32 Å². The maximum absolute atomic E-state index is 3.83. The molecule has 0 radical (unpaired) electrons. The Morgan fingerprint density at radius 2 is 2.00 bits per heavy atom. The summed E-state index contributed by atoms with van der Waals surface area (Å²) in [6, 6.07) is 13.7. The Morgan fingerprint density at radius 3 is 2.52 bits per heavy atom. The molecule has 1 fully saturated rings. The van der Waals surface area contributed by atoms with Gasteiger partial charge in [0.25, 0.3) is 0 Å². The van der Waals surface area contributed by atoms with Gasteiger partial charge in [-0.2, -0.15) is 0 Å². The summed E-state index contributed by atoms with van der Waals surface area (Å²) in [5.74, 6) is 0. The summed E-state index contributed by atoms with van der Waals surface area (Å²) < 4.78 is 1.25. The van der Waals surface area contributed by atoms with Crippen molar-refractivity contribution in [2.45, 2.75) is 44.1 Å². The Kier molecular flexibility index (Phi) is 4.82. The molecule has 3 heteroatoms. The van der Waals surface area contributed by atoms with Crippen molar-refractivity contribution in [1.29, 1.82) is 0 Å². The summed E-state index contributed by atoms with van der Waals surface area (Å²) in [6.45, 7) is 3.31. The summed E-state index contributed by atoms with van der Waals surface area (Å²) in [6.07, 6.45) is 5.07. The zero-order chi connectivity index (χ0) is 14.7. The van der Waals surface area contributed by atoms with Gasteiger partial charge in [0.2, 0.25) is 0 Å². The standard InChI is InChI=1S/C18H22BrNS/c1-2-12-20-17(16-15(19)9-13-21-16)18(10-6-11-18)14-7-4-3-5-8-14/h3-5,7-9,13,17,20H,2,6,10-12H2,1H3. The van der Waals surface area contributed by atoms with Crippen LogP contribution in [0.2, 0.25) is 0 Å². The molecule has 112 valence electrons. The SMILES string of the molecule is CCCNC(c1sccc1Br)C1(c2ccccc2)CCC1. The van der Waals surface area contributed by atoms with Crippen LogP contribution >= 0.6 is 27.3 Å². The van der Waals surface area contributed by atoms with Crippen LogP contribution in [0.5, 0.6) is 0 Å². The van der Waals surface area contributed by atoms with E-state index in [4.69, 9.17) is 0 Å². The third-order valence-corrected chi connectivity index (χ3v) is 6.59. The Bertz CT molecular complexity index is 574. The van der Waals surface area contributed by atoms with Crippen molar-refractivity contribution in [3.8, 4) is 0 Å². The lowest BCUT2D eigenvalue weighted by atomic mass is 9.59. The summed E-state index contributed by atoms with van der Waals surface area (Å²) in [5.41, 5.74) is 1.76. The second-order valence-electron chi connectivity index (χ2n) is 5.90. The van der Waals surface area contributed by atoms with Crippen molar-refractivity contribution < 1.29 is 0 Å². The van der Waals surface area contributed by atoms with Gasteiger partial charge < -0.3 is 5.32 Å². The summed E-state index contributed by atoms with van der Waals surface area (Å²) in [4.78, 5) is 1.45. The van der Waals surface area contributed by atoms with Gasteiger partial charge >= 0.3 is 0 Å². The van der Waals surface area contributed by atoms with Gasteiger partial charge in [-0.05, 0) is 58.7 Å². The molecule has 0 spiro atoms. The van der Waals surface area contributed by atoms with E-state index in [2.05, 4.69) is 69.9 Å². The number of halogens is 1. The van der Waals surface area contributed by atoms with Gasteiger partial charge in [0.15, 0.2) is 0 Å².